The highest BCUT2D eigenvalue weighted by Crippen LogP contribution is 2.35. The van der Waals surface area contributed by atoms with E-state index in [1.807, 2.05) is 54.6 Å². The summed E-state index contributed by atoms with van der Waals surface area (Å²) in [6.07, 6.45) is 0. The molecule has 2 heterocycles. The average Bonchev–Trinajstić information content (AvgIpc) is 3.15. The summed E-state index contributed by atoms with van der Waals surface area (Å²) in [5, 5.41) is 11.4. The molecule has 156 valence electrons. The van der Waals surface area contributed by atoms with Crippen LogP contribution in [0.4, 0.5) is 5.69 Å². The van der Waals surface area contributed by atoms with Gasteiger partial charge in [-0.1, -0.05) is 54.2 Å². The van der Waals surface area contributed by atoms with Crippen molar-refractivity contribution < 1.29 is 9.59 Å². The van der Waals surface area contributed by atoms with Gasteiger partial charge in [-0.3, -0.25) is 14.0 Å². The van der Waals surface area contributed by atoms with Crippen molar-refractivity contribution in [1.82, 2.24) is 19.6 Å². The third kappa shape index (κ3) is 4.49. The van der Waals surface area contributed by atoms with Gasteiger partial charge in [0.15, 0.2) is 10.9 Å². The molecule has 4 rings (SSSR count). The molecule has 31 heavy (non-hydrogen) atoms. The third-order valence-corrected chi connectivity index (χ3v) is 5.96. The Bertz CT molecular complexity index is 1270. The Balaban J connectivity index is 1.68. The van der Waals surface area contributed by atoms with Gasteiger partial charge in [0.2, 0.25) is 5.91 Å². The molecule has 0 saturated carbocycles. The molecule has 7 nitrogen and oxygen atoms in total. The zero-order chi connectivity index (χ0) is 22.0. The molecule has 0 fully saturated rings. The second-order valence-electron chi connectivity index (χ2n) is 7.19. The Morgan fingerprint density at radius 3 is 2.52 bits per heavy atom. The second kappa shape index (κ2) is 8.69. The number of fused-ring (bicyclic) bond motifs is 1. The zero-order valence-electron chi connectivity index (χ0n) is 17.4. The van der Waals surface area contributed by atoms with E-state index >= 15 is 0 Å². The van der Waals surface area contributed by atoms with Crippen LogP contribution < -0.4 is 5.32 Å². The van der Waals surface area contributed by atoms with Crippen LogP contribution in [0.3, 0.4) is 0 Å². The molecular formula is C23H21N5O2S. The summed E-state index contributed by atoms with van der Waals surface area (Å²) in [6, 6.07) is 18.4. The normalized spacial score (nSPS) is 12.0. The van der Waals surface area contributed by atoms with Gasteiger partial charge in [0, 0.05) is 22.6 Å². The number of hydrogen-bond donors (Lipinski definition) is 1. The predicted octanol–water partition coefficient (Wildman–Crippen LogP) is 4.42. The van der Waals surface area contributed by atoms with Crippen molar-refractivity contribution in [3.8, 4) is 0 Å². The number of carbonyl (C=O) groups is 2. The molecule has 0 aliphatic heterocycles. The molecule has 0 bridgehead atoms. The van der Waals surface area contributed by atoms with Crippen LogP contribution in [0, 0.1) is 13.8 Å². The Morgan fingerprint density at radius 2 is 1.77 bits per heavy atom. The molecule has 1 N–H and O–H groups in total. The van der Waals surface area contributed by atoms with Gasteiger partial charge in [-0.05, 0) is 44.5 Å². The number of rotatable bonds is 6. The highest BCUT2D eigenvalue weighted by Gasteiger charge is 2.25. The van der Waals surface area contributed by atoms with Crippen LogP contribution in [0.15, 0.2) is 65.8 Å². The molecule has 1 atom stereocenters. The van der Waals surface area contributed by atoms with Gasteiger partial charge in [-0.2, -0.15) is 0 Å². The van der Waals surface area contributed by atoms with Crippen molar-refractivity contribution in [2.75, 3.05) is 5.32 Å². The van der Waals surface area contributed by atoms with E-state index < -0.39 is 5.25 Å². The van der Waals surface area contributed by atoms with Gasteiger partial charge < -0.3 is 5.32 Å². The van der Waals surface area contributed by atoms with Crippen LogP contribution in [0.25, 0.3) is 5.78 Å². The summed E-state index contributed by atoms with van der Waals surface area (Å²) < 4.78 is 1.84. The van der Waals surface area contributed by atoms with Gasteiger partial charge >= 0.3 is 0 Å². The monoisotopic (exact) mass is 431 g/mol. The van der Waals surface area contributed by atoms with Gasteiger partial charge in [-0.25, -0.2) is 4.98 Å². The van der Waals surface area contributed by atoms with E-state index in [4.69, 9.17) is 0 Å². The Hall–Kier alpha value is -3.52. The SMILES string of the molecule is CC(=O)c1cccc(NC(=O)[C@@H](Sc2nnc3nc(C)cc(C)n23)c2ccccc2)c1. The quantitative estimate of drug-likeness (QED) is 0.359. The summed E-state index contributed by atoms with van der Waals surface area (Å²) in [5.74, 6) is 0.228. The van der Waals surface area contributed by atoms with E-state index in [-0.39, 0.29) is 11.7 Å². The van der Waals surface area contributed by atoms with Crippen LogP contribution in [0.2, 0.25) is 0 Å². The van der Waals surface area contributed by atoms with Crippen LogP contribution >= 0.6 is 11.8 Å². The maximum Gasteiger partial charge on any atom is 0.256 e. The fourth-order valence-electron chi connectivity index (χ4n) is 3.31. The molecule has 0 aliphatic rings. The van der Waals surface area contributed by atoms with Crippen molar-refractivity contribution >= 4 is 34.9 Å². The lowest BCUT2D eigenvalue weighted by molar-refractivity contribution is -0.115. The minimum Gasteiger partial charge on any atom is -0.325 e. The molecule has 2 aromatic carbocycles. The first-order chi connectivity index (χ1) is 14.9. The summed E-state index contributed by atoms with van der Waals surface area (Å²) >= 11 is 1.31. The number of benzene rings is 2. The predicted molar refractivity (Wildman–Crippen MR) is 120 cm³/mol. The number of aryl methyl sites for hydroxylation is 2. The van der Waals surface area contributed by atoms with Crippen LogP contribution in [0.1, 0.15) is 39.5 Å². The molecule has 0 spiro atoms. The van der Waals surface area contributed by atoms with E-state index in [9.17, 15) is 9.59 Å². The van der Waals surface area contributed by atoms with Gasteiger partial charge in [0.05, 0.1) is 0 Å². The van der Waals surface area contributed by atoms with Crippen molar-refractivity contribution in [2.24, 2.45) is 0 Å². The molecule has 0 aliphatic carbocycles. The number of hydrogen-bond acceptors (Lipinski definition) is 6. The van der Waals surface area contributed by atoms with Crippen molar-refractivity contribution in [1.29, 1.82) is 0 Å². The van der Waals surface area contributed by atoms with Gasteiger partial charge in [0.1, 0.15) is 5.25 Å². The standard InChI is InChI=1S/C23H21N5O2S/c1-14-12-15(2)28-22(24-14)26-27-23(28)31-20(17-8-5-4-6-9-17)21(30)25-19-11-7-10-18(13-19)16(3)29/h4-13,20H,1-3H3,(H,25,30)/t20-/m0/s1. The molecule has 1 amide bonds. The van der Waals surface area contributed by atoms with Gasteiger partial charge in [0.25, 0.3) is 5.78 Å². The fraction of sp³-hybridized carbons (Fsp3) is 0.174. The Kier molecular flexibility index (Phi) is 5.81. The van der Waals surface area contributed by atoms with Crippen LogP contribution in [-0.2, 0) is 4.79 Å². The van der Waals surface area contributed by atoms with E-state index in [1.54, 1.807) is 24.3 Å². The van der Waals surface area contributed by atoms with Crippen molar-refractivity contribution in [3.63, 3.8) is 0 Å². The third-order valence-electron chi connectivity index (χ3n) is 4.76. The van der Waals surface area contributed by atoms with E-state index in [0.717, 1.165) is 17.0 Å². The number of thioether (sulfide) groups is 1. The fourth-order valence-corrected chi connectivity index (χ4v) is 4.40. The molecule has 8 heteroatoms. The largest absolute Gasteiger partial charge is 0.325 e. The van der Waals surface area contributed by atoms with Crippen LogP contribution in [0.5, 0.6) is 0 Å². The second-order valence-corrected chi connectivity index (χ2v) is 8.26. The molecule has 0 radical (unpaired) electrons. The van der Waals surface area contributed by atoms with E-state index in [0.29, 0.717) is 22.2 Å². The highest BCUT2D eigenvalue weighted by atomic mass is 32.2. The smallest absolute Gasteiger partial charge is 0.256 e. The minimum atomic E-state index is -0.574. The van der Waals surface area contributed by atoms with Crippen molar-refractivity contribution in [3.05, 3.63) is 83.2 Å². The van der Waals surface area contributed by atoms with E-state index in [1.165, 1.54) is 18.7 Å². The number of amides is 1. The number of anilines is 1. The maximum absolute atomic E-state index is 13.3. The lowest BCUT2D eigenvalue weighted by Crippen LogP contribution is -2.19. The lowest BCUT2D eigenvalue weighted by atomic mass is 10.1. The Morgan fingerprint density at radius 1 is 1.00 bits per heavy atom. The number of nitrogens with zero attached hydrogens (tertiary/aromatic N) is 4. The first kappa shape index (κ1) is 20.7. The molecule has 0 unspecified atom stereocenters. The summed E-state index contributed by atoms with van der Waals surface area (Å²) in [7, 11) is 0. The first-order valence-electron chi connectivity index (χ1n) is 9.75. The summed E-state index contributed by atoms with van der Waals surface area (Å²) in [4.78, 5) is 29.4. The zero-order valence-corrected chi connectivity index (χ0v) is 18.2. The molecule has 0 saturated heterocycles. The van der Waals surface area contributed by atoms with E-state index in [2.05, 4.69) is 20.5 Å². The maximum atomic E-state index is 13.3. The summed E-state index contributed by atoms with van der Waals surface area (Å²) in [6.45, 7) is 5.36. The van der Waals surface area contributed by atoms with Gasteiger partial charge in [-0.15, -0.1) is 10.2 Å². The molecular weight excluding hydrogens is 410 g/mol. The average molecular weight is 432 g/mol. The lowest BCUT2D eigenvalue weighted by Gasteiger charge is -2.17. The summed E-state index contributed by atoms with van der Waals surface area (Å²) in [5.41, 5.74) is 3.75. The number of nitrogens with one attached hydrogen (secondary N) is 1. The van der Waals surface area contributed by atoms with Crippen molar-refractivity contribution in [2.45, 2.75) is 31.2 Å². The minimum absolute atomic E-state index is 0.0571. The number of aromatic nitrogens is 4. The molecule has 4 aromatic rings. The number of carbonyl (C=O) groups excluding carboxylic acids is 2. The first-order valence-corrected chi connectivity index (χ1v) is 10.6. The topological polar surface area (TPSA) is 89.2 Å². The molecule has 2 aromatic heterocycles. The van der Waals surface area contributed by atoms with Crippen LogP contribution in [-0.4, -0.2) is 31.3 Å². The Labute approximate surface area is 183 Å². The highest BCUT2D eigenvalue weighted by molar-refractivity contribution is 8.00. The number of Topliss-reactive ketones (excluding diaryl/α,β-unsaturated/α-hetero) is 1. The number of ketones is 1.